The van der Waals surface area contributed by atoms with Crippen LogP contribution in [0.3, 0.4) is 0 Å². The quantitative estimate of drug-likeness (QED) is 0.704. The van der Waals surface area contributed by atoms with Crippen LogP contribution in [0.4, 0.5) is 5.69 Å². The van der Waals surface area contributed by atoms with E-state index >= 15 is 0 Å². The maximum absolute atomic E-state index is 12.0. The van der Waals surface area contributed by atoms with Crippen molar-refractivity contribution in [2.45, 2.75) is 5.16 Å². The number of benzene rings is 2. The van der Waals surface area contributed by atoms with Gasteiger partial charge in [-0.1, -0.05) is 41.6 Å². The van der Waals surface area contributed by atoms with Crippen LogP contribution in [0.2, 0.25) is 5.02 Å². The lowest BCUT2D eigenvalue weighted by Gasteiger charge is -2.08. The molecule has 3 rings (SSSR count). The molecule has 3 aromatic rings. The molecule has 1 amide bonds. The van der Waals surface area contributed by atoms with Crippen LogP contribution >= 0.6 is 23.4 Å². The second-order valence-corrected chi connectivity index (χ2v) is 6.14. The van der Waals surface area contributed by atoms with Crippen LogP contribution in [0.5, 0.6) is 0 Å². The fraction of sp³-hybridized carbons (Fsp3) is 0.0588. The number of aromatic nitrogens is 2. The summed E-state index contributed by atoms with van der Waals surface area (Å²) in [5.41, 5.74) is 1.75. The van der Waals surface area contributed by atoms with Crippen LogP contribution in [-0.4, -0.2) is 21.2 Å². The van der Waals surface area contributed by atoms with Crippen molar-refractivity contribution in [3.8, 4) is 5.69 Å². The zero-order valence-corrected chi connectivity index (χ0v) is 13.7. The molecule has 0 radical (unpaired) electrons. The standard InChI is InChI=1S/C17H14ClN3OS/c18-13-6-8-15(9-7-13)21-11-10-19-17(21)23-12-16(22)20-14-4-2-1-3-5-14/h1-11H,12H2,(H,20,22). The summed E-state index contributed by atoms with van der Waals surface area (Å²) in [4.78, 5) is 16.3. The number of thioether (sulfide) groups is 1. The number of carbonyl (C=O) groups excluding carboxylic acids is 1. The molecule has 1 N–H and O–H groups in total. The fourth-order valence-corrected chi connectivity index (χ4v) is 2.94. The number of hydrogen-bond donors (Lipinski definition) is 1. The van der Waals surface area contributed by atoms with E-state index in [9.17, 15) is 4.79 Å². The lowest BCUT2D eigenvalue weighted by molar-refractivity contribution is -0.113. The number of amides is 1. The second kappa shape index (κ2) is 7.35. The SMILES string of the molecule is O=C(CSc1nccn1-c1ccc(Cl)cc1)Nc1ccccc1. The predicted molar refractivity (Wildman–Crippen MR) is 94.4 cm³/mol. The second-order valence-electron chi connectivity index (χ2n) is 4.76. The highest BCUT2D eigenvalue weighted by molar-refractivity contribution is 7.99. The molecule has 4 nitrogen and oxygen atoms in total. The van der Waals surface area contributed by atoms with Crippen molar-refractivity contribution >= 4 is 35.0 Å². The fourth-order valence-electron chi connectivity index (χ4n) is 2.04. The van der Waals surface area contributed by atoms with Crippen LogP contribution < -0.4 is 5.32 Å². The van der Waals surface area contributed by atoms with E-state index in [4.69, 9.17) is 11.6 Å². The van der Waals surface area contributed by atoms with Gasteiger partial charge in [-0.3, -0.25) is 9.36 Å². The Morgan fingerprint density at radius 2 is 1.87 bits per heavy atom. The Hall–Kier alpha value is -2.24. The molecule has 0 aliphatic heterocycles. The van der Waals surface area contributed by atoms with Crippen molar-refractivity contribution in [3.63, 3.8) is 0 Å². The molecule has 0 aliphatic carbocycles. The van der Waals surface area contributed by atoms with E-state index in [2.05, 4.69) is 10.3 Å². The zero-order valence-electron chi connectivity index (χ0n) is 12.1. The van der Waals surface area contributed by atoms with Crippen LogP contribution in [0.25, 0.3) is 5.69 Å². The minimum atomic E-state index is -0.0631. The Morgan fingerprint density at radius 1 is 1.13 bits per heavy atom. The van der Waals surface area contributed by atoms with Crippen LogP contribution in [-0.2, 0) is 4.79 Å². The van der Waals surface area contributed by atoms with Crippen molar-refractivity contribution in [3.05, 3.63) is 72.0 Å². The maximum Gasteiger partial charge on any atom is 0.234 e. The number of anilines is 1. The van der Waals surface area contributed by atoms with E-state index in [1.54, 1.807) is 6.20 Å². The number of para-hydroxylation sites is 1. The molecule has 0 bridgehead atoms. The van der Waals surface area contributed by atoms with Crippen molar-refractivity contribution in [2.24, 2.45) is 0 Å². The minimum absolute atomic E-state index is 0.0631. The minimum Gasteiger partial charge on any atom is -0.325 e. The number of imidazole rings is 1. The van der Waals surface area contributed by atoms with Gasteiger partial charge in [0.05, 0.1) is 5.75 Å². The molecule has 0 saturated carbocycles. The molecule has 1 heterocycles. The molecular formula is C17H14ClN3OS. The first-order chi connectivity index (χ1) is 11.2. The van der Waals surface area contributed by atoms with Gasteiger partial charge in [0, 0.05) is 28.8 Å². The van der Waals surface area contributed by atoms with Crippen molar-refractivity contribution < 1.29 is 4.79 Å². The molecule has 0 saturated heterocycles. The van der Waals surface area contributed by atoms with Crippen LogP contribution in [0.1, 0.15) is 0 Å². The molecule has 2 aromatic carbocycles. The Balaban J connectivity index is 1.64. The highest BCUT2D eigenvalue weighted by atomic mass is 35.5. The van der Waals surface area contributed by atoms with E-state index < -0.39 is 0 Å². The molecule has 116 valence electrons. The molecule has 0 fully saturated rings. The summed E-state index contributed by atoms with van der Waals surface area (Å²) >= 11 is 7.30. The number of rotatable bonds is 5. The molecule has 0 spiro atoms. The zero-order chi connectivity index (χ0) is 16.1. The third-order valence-electron chi connectivity index (χ3n) is 3.10. The maximum atomic E-state index is 12.0. The number of carbonyl (C=O) groups is 1. The Labute approximate surface area is 143 Å². The molecule has 1 aromatic heterocycles. The number of nitrogens with zero attached hydrogens (tertiary/aromatic N) is 2. The summed E-state index contributed by atoms with van der Waals surface area (Å²) < 4.78 is 1.93. The van der Waals surface area contributed by atoms with Gasteiger partial charge in [0.15, 0.2) is 5.16 Å². The summed E-state index contributed by atoms with van der Waals surface area (Å²) in [6.07, 6.45) is 3.58. The molecule has 0 unspecified atom stereocenters. The van der Waals surface area contributed by atoms with E-state index in [1.807, 2.05) is 65.4 Å². The largest absolute Gasteiger partial charge is 0.325 e. The predicted octanol–water partition coefficient (Wildman–Crippen LogP) is 4.26. The number of halogens is 1. The van der Waals surface area contributed by atoms with Gasteiger partial charge in [-0.15, -0.1) is 0 Å². The molecule has 6 heteroatoms. The topological polar surface area (TPSA) is 46.9 Å². The normalized spacial score (nSPS) is 10.5. The number of hydrogen-bond acceptors (Lipinski definition) is 3. The van der Waals surface area contributed by atoms with Crippen molar-refractivity contribution in [1.29, 1.82) is 0 Å². The summed E-state index contributed by atoms with van der Waals surface area (Å²) in [5, 5.41) is 4.30. The van der Waals surface area contributed by atoms with E-state index in [1.165, 1.54) is 11.8 Å². The Bertz CT molecular complexity index is 787. The average molecular weight is 344 g/mol. The van der Waals surface area contributed by atoms with Gasteiger partial charge in [0.2, 0.25) is 5.91 Å². The molecule has 23 heavy (non-hydrogen) atoms. The van der Waals surface area contributed by atoms with Crippen LogP contribution in [0, 0.1) is 0 Å². The van der Waals surface area contributed by atoms with E-state index in [0.717, 1.165) is 16.5 Å². The molecule has 0 atom stereocenters. The lowest BCUT2D eigenvalue weighted by atomic mass is 10.3. The third kappa shape index (κ3) is 4.15. The van der Waals surface area contributed by atoms with Crippen molar-refractivity contribution in [1.82, 2.24) is 9.55 Å². The van der Waals surface area contributed by atoms with Gasteiger partial charge in [-0.2, -0.15) is 0 Å². The molecule has 0 aliphatic rings. The molecular weight excluding hydrogens is 330 g/mol. The Kier molecular flexibility index (Phi) is 5.00. The summed E-state index contributed by atoms with van der Waals surface area (Å²) in [6.45, 7) is 0. The number of nitrogens with one attached hydrogen (secondary N) is 1. The van der Waals surface area contributed by atoms with Crippen LogP contribution in [0.15, 0.2) is 72.1 Å². The Morgan fingerprint density at radius 3 is 2.61 bits per heavy atom. The van der Waals surface area contributed by atoms with E-state index in [-0.39, 0.29) is 5.91 Å². The summed E-state index contributed by atoms with van der Waals surface area (Å²) in [5.74, 6) is 0.228. The van der Waals surface area contributed by atoms with Gasteiger partial charge in [-0.25, -0.2) is 4.98 Å². The highest BCUT2D eigenvalue weighted by Gasteiger charge is 2.09. The summed E-state index contributed by atoms with van der Waals surface area (Å²) in [7, 11) is 0. The van der Waals surface area contributed by atoms with Gasteiger partial charge >= 0.3 is 0 Å². The smallest absolute Gasteiger partial charge is 0.234 e. The lowest BCUT2D eigenvalue weighted by Crippen LogP contribution is -2.14. The monoisotopic (exact) mass is 343 g/mol. The third-order valence-corrected chi connectivity index (χ3v) is 4.32. The highest BCUT2D eigenvalue weighted by Crippen LogP contribution is 2.22. The van der Waals surface area contributed by atoms with Crippen molar-refractivity contribution in [2.75, 3.05) is 11.1 Å². The first-order valence-electron chi connectivity index (χ1n) is 6.99. The summed E-state index contributed by atoms with van der Waals surface area (Å²) in [6, 6.07) is 16.9. The first-order valence-corrected chi connectivity index (χ1v) is 8.36. The van der Waals surface area contributed by atoms with Gasteiger partial charge < -0.3 is 5.32 Å². The van der Waals surface area contributed by atoms with Gasteiger partial charge in [0.1, 0.15) is 0 Å². The van der Waals surface area contributed by atoms with Gasteiger partial charge in [-0.05, 0) is 36.4 Å². The van der Waals surface area contributed by atoms with E-state index in [0.29, 0.717) is 10.8 Å². The average Bonchev–Trinajstić information content (AvgIpc) is 3.03. The van der Waals surface area contributed by atoms with Gasteiger partial charge in [0.25, 0.3) is 0 Å². The first kappa shape index (κ1) is 15.6.